The predicted molar refractivity (Wildman–Crippen MR) is 101 cm³/mol. The molecule has 0 aliphatic carbocycles. The van der Waals surface area contributed by atoms with Crippen molar-refractivity contribution in [2.75, 3.05) is 23.3 Å². The zero-order chi connectivity index (χ0) is 17.4. The lowest BCUT2D eigenvalue weighted by atomic mass is 9.94. The third-order valence-corrected chi connectivity index (χ3v) is 5.32. The molecule has 2 atom stereocenters. The summed E-state index contributed by atoms with van der Waals surface area (Å²) < 4.78 is 0.913. The minimum absolute atomic E-state index is 0.00852. The Morgan fingerprint density at radius 3 is 2.96 bits per heavy atom. The molecule has 0 aromatic carbocycles. The summed E-state index contributed by atoms with van der Waals surface area (Å²) in [5.74, 6) is 0.428. The van der Waals surface area contributed by atoms with Gasteiger partial charge in [0.2, 0.25) is 5.91 Å². The zero-order valence-electron chi connectivity index (χ0n) is 14.3. The van der Waals surface area contributed by atoms with Gasteiger partial charge in [-0.15, -0.1) is 0 Å². The number of anilines is 2. The van der Waals surface area contributed by atoms with E-state index >= 15 is 0 Å². The number of hydrogen-bond acceptors (Lipinski definition) is 4. The third-order valence-electron chi connectivity index (χ3n) is 4.74. The quantitative estimate of drug-likeness (QED) is 0.747. The van der Waals surface area contributed by atoms with E-state index in [2.05, 4.69) is 43.0 Å². The first-order valence-corrected chi connectivity index (χ1v) is 9.14. The van der Waals surface area contributed by atoms with Gasteiger partial charge < -0.3 is 20.9 Å². The SMILES string of the molecule is CC(C)C(=O)Nc1c[nH]c2ncc(Br)c(N3CC[C@H](C)[C@@H](N)C3)c12. The number of hydrogen-bond donors (Lipinski definition) is 3. The Kier molecular flexibility index (Phi) is 4.83. The molecule has 3 rings (SSSR count). The van der Waals surface area contributed by atoms with E-state index in [0.717, 1.165) is 46.4 Å². The van der Waals surface area contributed by atoms with E-state index in [1.54, 1.807) is 12.4 Å². The number of carbonyl (C=O) groups excluding carboxylic acids is 1. The average molecular weight is 394 g/mol. The molecular weight excluding hydrogens is 370 g/mol. The Labute approximate surface area is 150 Å². The summed E-state index contributed by atoms with van der Waals surface area (Å²) in [5.41, 5.74) is 8.85. The molecule has 7 heteroatoms. The second kappa shape index (κ2) is 6.72. The minimum Gasteiger partial charge on any atom is -0.368 e. The van der Waals surface area contributed by atoms with Crippen LogP contribution in [0.2, 0.25) is 0 Å². The van der Waals surface area contributed by atoms with E-state index < -0.39 is 0 Å². The molecule has 0 bridgehead atoms. The molecule has 1 amide bonds. The van der Waals surface area contributed by atoms with Gasteiger partial charge in [0.25, 0.3) is 0 Å². The van der Waals surface area contributed by atoms with Gasteiger partial charge >= 0.3 is 0 Å². The number of piperidine rings is 1. The monoisotopic (exact) mass is 393 g/mol. The fraction of sp³-hybridized carbons (Fsp3) is 0.529. The number of amides is 1. The van der Waals surface area contributed by atoms with Crippen LogP contribution in [-0.4, -0.2) is 35.0 Å². The number of fused-ring (bicyclic) bond motifs is 1. The Hall–Kier alpha value is -1.60. The Balaban J connectivity index is 2.04. The predicted octanol–water partition coefficient (Wildman–Crippen LogP) is 3.09. The number of halogens is 1. The van der Waals surface area contributed by atoms with Crippen molar-refractivity contribution >= 4 is 44.2 Å². The van der Waals surface area contributed by atoms with Crippen molar-refractivity contribution in [3.8, 4) is 0 Å². The number of nitrogens with two attached hydrogens (primary N) is 1. The van der Waals surface area contributed by atoms with E-state index in [9.17, 15) is 4.79 Å². The van der Waals surface area contributed by atoms with E-state index in [-0.39, 0.29) is 17.9 Å². The van der Waals surface area contributed by atoms with Gasteiger partial charge in [-0.25, -0.2) is 4.98 Å². The summed E-state index contributed by atoms with van der Waals surface area (Å²) in [7, 11) is 0. The lowest BCUT2D eigenvalue weighted by molar-refractivity contribution is -0.118. The van der Waals surface area contributed by atoms with Crippen molar-refractivity contribution < 1.29 is 4.79 Å². The molecule has 1 aliphatic rings. The number of aromatic amines is 1. The summed E-state index contributed by atoms with van der Waals surface area (Å²) in [6, 6.07) is 0.140. The van der Waals surface area contributed by atoms with Gasteiger partial charge in [-0.05, 0) is 28.3 Å². The summed E-state index contributed by atoms with van der Waals surface area (Å²) in [5, 5.41) is 3.93. The van der Waals surface area contributed by atoms with Crippen LogP contribution >= 0.6 is 15.9 Å². The number of carbonyl (C=O) groups is 1. The molecule has 0 radical (unpaired) electrons. The summed E-state index contributed by atoms with van der Waals surface area (Å²) in [4.78, 5) is 22.0. The minimum atomic E-state index is -0.0808. The first kappa shape index (κ1) is 17.2. The second-order valence-electron chi connectivity index (χ2n) is 6.90. The molecule has 2 aromatic rings. The highest BCUT2D eigenvalue weighted by atomic mass is 79.9. The molecular formula is C17H24BrN5O. The summed E-state index contributed by atoms with van der Waals surface area (Å²) in [6.45, 7) is 7.69. The molecule has 0 unspecified atom stereocenters. The lowest BCUT2D eigenvalue weighted by Gasteiger charge is -2.37. The molecule has 3 heterocycles. The average Bonchev–Trinajstić information content (AvgIpc) is 2.93. The van der Waals surface area contributed by atoms with Crippen LogP contribution in [0.4, 0.5) is 11.4 Å². The number of H-pyrrole nitrogens is 1. The first-order chi connectivity index (χ1) is 11.4. The highest BCUT2D eigenvalue weighted by Crippen LogP contribution is 2.39. The van der Waals surface area contributed by atoms with Gasteiger partial charge in [0, 0.05) is 37.4 Å². The number of rotatable bonds is 3. The molecule has 130 valence electrons. The number of aromatic nitrogens is 2. The lowest BCUT2D eigenvalue weighted by Crippen LogP contribution is -2.47. The number of nitrogens with one attached hydrogen (secondary N) is 2. The van der Waals surface area contributed by atoms with Crippen molar-refractivity contribution in [3.05, 3.63) is 16.9 Å². The van der Waals surface area contributed by atoms with Crippen molar-refractivity contribution in [1.29, 1.82) is 0 Å². The Morgan fingerprint density at radius 2 is 2.29 bits per heavy atom. The molecule has 4 N–H and O–H groups in total. The smallest absolute Gasteiger partial charge is 0.226 e. The molecule has 0 spiro atoms. The van der Waals surface area contributed by atoms with Gasteiger partial charge in [-0.3, -0.25) is 4.79 Å². The largest absolute Gasteiger partial charge is 0.368 e. The topological polar surface area (TPSA) is 87.0 Å². The maximum Gasteiger partial charge on any atom is 0.226 e. The van der Waals surface area contributed by atoms with Crippen LogP contribution in [0.5, 0.6) is 0 Å². The molecule has 1 fully saturated rings. The Morgan fingerprint density at radius 1 is 1.54 bits per heavy atom. The zero-order valence-corrected chi connectivity index (χ0v) is 15.9. The van der Waals surface area contributed by atoms with Crippen molar-refractivity contribution in [2.45, 2.75) is 33.2 Å². The Bertz CT molecular complexity index is 757. The third kappa shape index (κ3) is 3.15. The molecule has 1 saturated heterocycles. The maximum absolute atomic E-state index is 12.1. The normalized spacial score (nSPS) is 21.5. The van der Waals surface area contributed by atoms with Crippen LogP contribution < -0.4 is 16.0 Å². The highest BCUT2D eigenvalue weighted by molar-refractivity contribution is 9.10. The van der Waals surface area contributed by atoms with E-state index in [4.69, 9.17) is 5.73 Å². The van der Waals surface area contributed by atoms with Gasteiger partial charge in [0.15, 0.2) is 0 Å². The first-order valence-electron chi connectivity index (χ1n) is 8.35. The molecule has 0 saturated carbocycles. The van der Waals surface area contributed by atoms with Crippen LogP contribution in [0.1, 0.15) is 27.2 Å². The maximum atomic E-state index is 12.1. The van der Waals surface area contributed by atoms with E-state index in [1.165, 1.54) is 0 Å². The molecule has 6 nitrogen and oxygen atoms in total. The molecule has 2 aromatic heterocycles. The summed E-state index contributed by atoms with van der Waals surface area (Å²) >= 11 is 3.63. The van der Waals surface area contributed by atoms with Crippen LogP contribution in [0.15, 0.2) is 16.9 Å². The highest BCUT2D eigenvalue weighted by Gasteiger charge is 2.27. The van der Waals surface area contributed by atoms with Crippen LogP contribution in [0, 0.1) is 11.8 Å². The van der Waals surface area contributed by atoms with Gasteiger partial charge in [0.05, 0.1) is 21.2 Å². The number of nitrogens with zero attached hydrogens (tertiary/aromatic N) is 2. The molecule has 1 aliphatic heterocycles. The van der Waals surface area contributed by atoms with Crippen LogP contribution in [0.3, 0.4) is 0 Å². The standard InChI is InChI=1S/C17H24BrN5O/c1-9(2)17(24)22-13-7-21-16-14(13)15(11(18)6-20-16)23-5-4-10(3)12(19)8-23/h6-7,9-10,12H,4-5,8,19H2,1-3H3,(H,20,21)(H,22,24)/t10-,12-/m0/s1. The second-order valence-corrected chi connectivity index (χ2v) is 7.75. The number of pyridine rings is 1. The van der Waals surface area contributed by atoms with Crippen LogP contribution in [0.25, 0.3) is 11.0 Å². The van der Waals surface area contributed by atoms with E-state index in [1.807, 2.05) is 13.8 Å². The van der Waals surface area contributed by atoms with Gasteiger partial charge in [-0.1, -0.05) is 20.8 Å². The van der Waals surface area contributed by atoms with Crippen molar-refractivity contribution in [1.82, 2.24) is 9.97 Å². The summed E-state index contributed by atoms with van der Waals surface area (Å²) in [6.07, 6.45) is 4.65. The van der Waals surface area contributed by atoms with Gasteiger partial charge in [-0.2, -0.15) is 0 Å². The van der Waals surface area contributed by atoms with Crippen molar-refractivity contribution in [3.63, 3.8) is 0 Å². The molecule has 24 heavy (non-hydrogen) atoms. The van der Waals surface area contributed by atoms with Gasteiger partial charge in [0.1, 0.15) is 5.65 Å². The van der Waals surface area contributed by atoms with E-state index in [0.29, 0.717) is 5.92 Å². The van der Waals surface area contributed by atoms with Crippen LogP contribution in [-0.2, 0) is 4.79 Å². The fourth-order valence-electron chi connectivity index (χ4n) is 3.04. The fourth-order valence-corrected chi connectivity index (χ4v) is 3.59. The van der Waals surface area contributed by atoms with Crippen molar-refractivity contribution in [2.24, 2.45) is 17.6 Å².